The van der Waals surface area contributed by atoms with Gasteiger partial charge in [-0.15, -0.1) is 11.3 Å². The topological polar surface area (TPSA) is 12.0 Å². The summed E-state index contributed by atoms with van der Waals surface area (Å²) in [6.45, 7) is 4.39. The van der Waals surface area contributed by atoms with Gasteiger partial charge in [-0.05, 0) is 36.5 Å². The molecule has 0 aliphatic heterocycles. The molecular weight excluding hydrogens is 271 g/mol. The fraction of sp³-hybridized carbons (Fsp3) is 0.286. The maximum atomic E-state index is 13.9. The molecule has 102 valence electrons. The van der Waals surface area contributed by atoms with E-state index >= 15 is 0 Å². The summed E-state index contributed by atoms with van der Waals surface area (Å²) < 4.78 is 40.2. The fourth-order valence-electron chi connectivity index (χ4n) is 1.99. The van der Waals surface area contributed by atoms with Crippen LogP contribution in [0.25, 0.3) is 0 Å². The molecule has 0 spiro atoms. The van der Waals surface area contributed by atoms with Gasteiger partial charge in [-0.25, -0.2) is 13.2 Å². The molecule has 1 aromatic heterocycles. The molecule has 0 aliphatic carbocycles. The highest BCUT2D eigenvalue weighted by atomic mass is 32.1. The number of benzene rings is 1. The zero-order valence-corrected chi connectivity index (χ0v) is 11.5. The maximum absolute atomic E-state index is 13.9. The predicted molar refractivity (Wildman–Crippen MR) is 70.9 cm³/mol. The van der Waals surface area contributed by atoms with Crippen LogP contribution in [-0.4, -0.2) is 6.54 Å². The number of hydrogen-bond acceptors (Lipinski definition) is 2. The van der Waals surface area contributed by atoms with Gasteiger partial charge in [0.1, 0.15) is 5.82 Å². The monoisotopic (exact) mass is 285 g/mol. The van der Waals surface area contributed by atoms with Crippen LogP contribution in [0.3, 0.4) is 0 Å². The molecule has 1 nitrogen and oxygen atoms in total. The summed E-state index contributed by atoms with van der Waals surface area (Å²) in [5.41, 5.74) is 1.13. The van der Waals surface area contributed by atoms with Crippen molar-refractivity contribution in [2.24, 2.45) is 0 Å². The Morgan fingerprint density at radius 2 is 1.84 bits per heavy atom. The molecule has 5 heteroatoms. The normalized spacial score (nSPS) is 12.7. The van der Waals surface area contributed by atoms with Crippen LogP contribution in [0.1, 0.15) is 29.0 Å². The Morgan fingerprint density at radius 1 is 1.16 bits per heavy atom. The molecule has 1 aromatic carbocycles. The van der Waals surface area contributed by atoms with Gasteiger partial charge >= 0.3 is 0 Å². The zero-order valence-electron chi connectivity index (χ0n) is 10.6. The van der Waals surface area contributed by atoms with Gasteiger partial charge in [0.15, 0.2) is 11.6 Å². The summed E-state index contributed by atoms with van der Waals surface area (Å²) in [6, 6.07) is 2.98. The third-order valence-corrected chi connectivity index (χ3v) is 4.01. The van der Waals surface area contributed by atoms with Crippen LogP contribution in [0.4, 0.5) is 13.2 Å². The molecule has 2 rings (SSSR count). The Bertz CT molecular complexity index is 580. The Hall–Kier alpha value is -1.33. The van der Waals surface area contributed by atoms with Crippen molar-refractivity contribution in [3.05, 3.63) is 57.0 Å². The average molecular weight is 285 g/mol. The van der Waals surface area contributed by atoms with Crippen molar-refractivity contribution in [1.29, 1.82) is 0 Å². The largest absolute Gasteiger partial charge is 0.306 e. The lowest BCUT2D eigenvalue weighted by atomic mass is 10.0. The molecule has 1 heterocycles. The lowest BCUT2D eigenvalue weighted by Crippen LogP contribution is -2.23. The summed E-state index contributed by atoms with van der Waals surface area (Å²) in [6.07, 6.45) is 0. The highest BCUT2D eigenvalue weighted by Crippen LogP contribution is 2.31. The van der Waals surface area contributed by atoms with Gasteiger partial charge in [-0.2, -0.15) is 0 Å². The molecule has 1 unspecified atom stereocenters. The standard InChI is InChI=1S/C14H14F3NS/c1-3-18-13(14-8(2)4-5-19-14)9-6-11(16)12(17)7-10(9)15/h4-7,13,18H,3H2,1-2H3. The Balaban J connectivity index is 2.51. The molecule has 0 saturated carbocycles. The van der Waals surface area contributed by atoms with Gasteiger partial charge in [0.05, 0.1) is 6.04 Å². The quantitative estimate of drug-likeness (QED) is 0.831. The predicted octanol–water partition coefficient (Wildman–Crippen LogP) is 4.17. The van der Waals surface area contributed by atoms with Gasteiger partial charge in [0.25, 0.3) is 0 Å². The van der Waals surface area contributed by atoms with Crippen molar-refractivity contribution in [1.82, 2.24) is 5.32 Å². The highest BCUT2D eigenvalue weighted by Gasteiger charge is 2.22. The van der Waals surface area contributed by atoms with E-state index in [2.05, 4.69) is 5.32 Å². The molecule has 2 aromatic rings. The number of aryl methyl sites for hydroxylation is 1. The van der Waals surface area contributed by atoms with E-state index < -0.39 is 23.5 Å². The molecule has 1 N–H and O–H groups in total. The lowest BCUT2D eigenvalue weighted by Gasteiger charge is -2.19. The summed E-state index contributed by atoms with van der Waals surface area (Å²) in [4.78, 5) is 0.909. The molecule has 0 aliphatic rings. The van der Waals surface area contributed by atoms with Crippen LogP contribution in [0, 0.1) is 24.4 Å². The van der Waals surface area contributed by atoms with Crippen molar-refractivity contribution in [2.45, 2.75) is 19.9 Å². The lowest BCUT2D eigenvalue weighted by molar-refractivity contribution is 0.481. The van der Waals surface area contributed by atoms with Gasteiger partial charge in [0, 0.05) is 16.5 Å². The first-order chi connectivity index (χ1) is 9.04. The van der Waals surface area contributed by atoms with Crippen molar-refractivity contribution >= 4 is 11.3 Å². The number of halogens is 3. The minimum absolute atomic E-state index is 0.131. The number of thiophene rings is 1. The molecular formula is C14H14F3NS. The molecule has 0 bridgehead atoms. The Kier molecular flexibility index (Phi) is 4.27. The van der Waals surface area contributed by atoms with Gasteiger partial charge < -0.3 is 5.32 Å². The third kappa shape index (κ3) is 2.82. The van der Waals surface area contributed by atoms with Crippen molar-refractivity contribution in [3.63, 3.8) is 0 Å². The van der Waals surface area contributed by atoms with E-state index in [1.54, 1.807) is 0 Å². The summed E-state index contributed by atoms with van der Waals surface area (Å²) in [5.74, 6) is -2.94. The van der Waals surface area contributed by atoms with E-state index in [-0.39, 0.29) is 5.56 Å². The first kappa shape index (κ1) is 14.1. The summed E-state index contributed by atoms with van der Waals surface area (Å²) >= 11 is 1.47. The van der Waals surface area contributed by atoms with Gasteiger partial charge in [-0.1, -0.05) is 6.92 Å². The van der Waals surface area contributed by atoms with E-state index in [1.165, 1.54) is 11.3 Å². The van der Waals surface area contributed by atoms with Crippen LogP contribution in [0.15, 0.2) is 23.6 Å². The fourth-order valence-corrected chi connectivity index (χ4v) is 3.01. The highest BCUT2D eigenvalue weighted by molar-refractivity contribution is 7.10. The third-order valence-electron chi connectivity index (χ3n) is 2.92. The van der Waals surface area contributed by atoms with Gasteiger partial charge in [-0.3, -0.25) is 0 Å². The Labute approximate surface area is 114 Å². The van der Waals surface area contributed by atoms with Crippen LogP contribution in [0.2, 0.25) is 0 Å². The van der Waals surface area contributed by atoms with Crippen LogP contribution >= 0.6 is 11.3 Å². The average Bonchev–Trinajstić information content (AvgIpc) is 2.77. The van der Waals surface area contributed by atoms with E-state index in [9.17, 15) is 13.2 Å². The summed E-state index contributed by atoms with van der Waals surface area (Å²) in [5, 5.41) is 5.01. The van der Waals surface area contributed by atoms with E-state index in [1.807, 2.05) is 25.3 Å². The maximum Gasteiger partial charge on any atom is 0.161 e. The minimum Gasteiger partial charge on any atom is -0.306 e. The second kappa shape index (κ2) is 5.75. The molecule has 0 fully saturated rings. The van der Waals surface area contributed by atoms with Crippen LogP contribution in [-0.2, 0) is 0 Å². The summed E-state index contributed by atoms with van der Waals surface area (Å²) in [7, 11) is 0. The van der Waals surface area contributed by atoms with Crippen LogP contribution < -0.4 is 5.32 Å². The SMILES string of the molecule is CCNC(c1cc(F)c(F)cc1F)c1sccc1C. The van der Waals surface area contributed by atoms with E-state index in [0.717, 1.165) is 16.5 Å². The van der Waals surface area contributed by atoms with Crippen molar-refractivity contribution < 1.29 is 13.2 Å². The molecule has 0 amide bonds. The van der Waals surface area contributed by atoms with Crippen molar-refractivity contribution in [2.75, 3.05) is 6.54 Å². The zero-order chi connectivity index (χ0) is 14.0. The first-order valence-electron chi connectivity index (χ1n) is 5.96. The van der Waals surface area contributed by atoms with Gasteiger partial charge in [0.2, 0.25) is 0 Å². The molecule has 1 atom stereocenters. The number of rotatable bonds is 4. The van der Waals surface area contributed by atoms with Crippen molar-refractivity contribution in [3.8, 4) is 0 Å². The smallest absolute Gasteiger partial charge is 0.161 e. The number of hydrogen-bond donors (Lipinski definition) is 1. The first-order valence-corrected chi connectivity index (χ1v) is 6.84. The minimum atomic E-state index is -1.17. The van der Waals surface area contributed by atoms with E-state index in [0.29, 0.717) is 12.6 Å². The molecule has 19 heavy (non-hydrogen) atoms. The Morgan fingerprint density at radius 3 is 2.42 bits per heavy atom. The van der Waals surface area contributed by atoms with E-state index in [4.69, 9.17) is 0 Å². The second-order valence-electron chi connectivity index (χ2n) is 4.25. The molecule has 0 radical (unpaired) electrons. The second-order valence-corrected chi connectivity index (χ2v) is 5.19. The molecule has 0 saturated heterocycles. The van der Waals surface area contributed by atoms with Crippen LogP contribution in [0.5, 0.6) is 0 Å². The number of nitrogens with one attached hydrogen (secondary N) is 1.